The number of nitrogens with one attached hydrogen (secondary N) is 1. The average Bonchev–Trinajstić information content (AvgIpc) is 3.05. The predicted octanol–water partition coefficient (Wildman–Crippen LogP) is 1.71. The Labute approximate surface area is 162 Å². The van der Waals surface area contributed by atoms with Crippen molar-refractivity contribution in [2.75, 3.05) is 11.9 Å². The summed E-state index contributed by atoms with van der Waals surface area (Å²) in [5.41, 5.74) is 1.38. The van der Waals surface area contributed by atoms with Crippen LogP contribution in [0.4, 0.5) is 5.95 Å². The third kappa shape index (κ3) is 4.25. The number of carbonyl (C=O) groups is 3. The van der Waals surface area contributed by atoms with Crippen LogP contribution in [-0.4, -0.2) is 44.7 Å². The first-order valence-corrected chi connectivity index (χ1v) is 8.91. The van der Waals surface area contributed by atoms with Gasteiger partial charge in [0, 0.05) is 19.9 Å². The maximum atomic E-state index is 12.6. The van der Waals surface area contributed by atoms with Crippen LogP contribution < -0.4 is 5.32 Å². The molecule has 0 atom stereocenters. The highest BCUT2D eigenvalue weighted by molar-refractivity contribution is 6.43. The summed E-state index contributed by atoms with van der Waals surface area (Å²) >= 11 is 0. The third-order valence-electron chi connectivity index (χ3n) is 4.24. The number of nitrogens with zero attached hydrogens (tertiary/aromatic N) is 4. The molecule has 9 nitrogen and oxygen atoms in total. The molecule has 0 bridgehead atoms. The SMILES string of the molecule is CCOC(=O)c1cnc(NC(=O)C2=NN(Cc3ccccc3)C(=O)CC2)n1C. The lowest BCUT2D eigenvalue weighted by atomic mass is 10.1. The zero-order chi connectivity index (χ0) is 20.1. The molecule has 0 fully saturated rings. The largest absolute Gasteiger partial charge is 0.461 e. The molecule has 0 unspecified atom stereocenters. The zero-order valence-electron chi connectivity index (χ0n) is 15.7. The van der Waals surface area contributed by atoms with E-state index in [2.05, 4.69) is 15.4 Å². The van der Waals surface area contributed by atoms with Crippen LogP contribution in [-0.2, 0) is 27.9 Å². The van der Waals surface area contributed by atoms with Gasteiger partial charge in [-0.2, -0.15) is 5.10 Å². The highest BCUT2D eigenvalue weighted by Gasteiger charge is 2.26. The van der Waals surface area contributed by atoms with Gasteiger partial charge in [0.1, 0.15) is 11.4 Å². The van der Waals surface area contributed by atoms with E-state index < -0.39 is 11.9 Å². The lowest BCUT2D eigenvalue weighted by Crippen LogP contribution is -2.36. The van der Waals surface area contributed by atoms with Gasteiger partial charge < -0.3 is 9.30 Å². The molecule has 0 radical (unpaired) electrons. The van der Waals surface area contributed by atoms with E-state index in [0.717, 1.165) is 5.56 Å². The summed E-state index contributed by atoms with van der Waals surface area (Å²) in [5.74, 6) is -0.924. The van der Waals surface area contributed by atoms with E-state index in [9.17, 15) is 14.4 Å². The summed E-state index contributed by atoms with van der Waals surface area (Å²) in [6.07, 6.45) is 1.78. The second-order valence-electron chi connectivity index (χ2n) is 6.18. The lowest BCUT2D eigenvalue weighted by molar-refractivity contribution is -0.132. The monoisotopic (exact) mass is 383 g/mol. The maximum absolute atomic E-state index is 12.6. The number of ether oxygens (including phenoxy) is 1. The number of hydrogen-bond donors (Lipinski definition) is 1. The molecule has 1 aliphatic rings. The van der Waals surface area contributed by atoms with Gasteiger partial charge in [0.2, 0.25) is 11.9 Å². The number of hydrazone groups is 1. The maximum Gasteiger partial charge on any atom is 0.356 e. The molecule has 0 saturated heterocycles. The Morgan fingerprint density at radius 2 is 1.96 bits per heavy atom. The molecule has 1 N–H and O–H groups in total. The quantitative estimate of drug-likeness (QED) is 0.765. The van der Waals surface area contributed by atoms with Gasteiger partial charge in [0.25, 0.3) is 5.91 Å². The van der Waals surface area contributed by atoms with Crippen molar-refractivity contribution >= 4 is 29.4 Å². The van der Waals surface area contributed by atoms with Gasteiger partial charge in [0.15, 0.2) is 0 Å². The minimum atomic E-state index is -0.521. The highest BCUT2D eigenvalue weighted by atomic mass is 16.5. The number of benzene rings is 1. The van der Waals surface area contributed by atoms with E-state index in [1.54, 1.807) is 14.0 Å². The minimum Gasteiger partial charge on any atom is -0.461 e. The normalized spacial score (nSPS) is 13.9. The molecular weight excluding hydrogens is 362 g/mol. The van der Waals surface area contributed by atoms with Gasteiger partial charge in [-0.3, -0.25) is 14.9 Å². The van der Waals surface area contributed by atoms with E-state index >= 15 is 0 Å². The Hall–Kier alpha value is -3.49. The number of hydrogen-bond acceptors (Lipinski definition) is 6. The van der Waals surface area contributed by atoms with Gasteiger partial charge in [-0.25, -0.2) is 14.8 Å². The molecular formula is C19H21N5O4. The van der Waals surface area contributed by atoms with Gasteiger partial charge in [0.05, 0.1) is 19.3 Å². The Bertz CT molecular complexity index is 920. The van der Waals surface area contributed by atoms with Crippen molar-refractivity contribution in [1.29, 1.82) is 0 Å². The molecule has 0 saturated carbocycles. The second-order valence-corrected chi connectivity index (χ2v) is 6.18. The Balaban J connectivity index is 1.72. The molecule has 28 heavy (non-hydrogen) atoms. The van der Waals surface area contributed by atoms with E-state index in [1.165, 1.54) is 15.8 Å². The first-order chi connectivity index (χ1) is 13.5. The number of rotatable bonds is 6. The smallest absolute Gasteiger partial charge is 0.356 e. The van der Waals surface area contributed by atoms with Crippen molar-refractivity contribution in [1.82, 2.24) is 14.6 Å². The van der Waals surface area contributed by atoms with E-state index in [0.29, 0.717) is 6.54 Å². The summed E-state index contributed by atoms with van der Waals surface area (Å²) in [6.45, 7) is 2.25. The van der Waals surface area contributed by atoms with E-state index in [1.807, 2.05) is 30.3 Å². The van der Waals surface area contributed by atoms with Crippen LogP contribution in [0.2, 0.25) is 0 Å². The predicted molar refractivity (Wildman–Crippen MR) is 101 cm³/mol. The van der Waals surface area contributed by atoms with Crippen molar-refractivity contribution in [3.05, 3.63) is 47.8 Å². The summed E-state index contributed by atoms with van der Waals surface area (Å²) in [4.78, 5) is 40.6. The Morgan fingerprint density at radius 1 is 1.21 bits per heavy atom. The summed E-state index contributed by atoms with van der Waals surface area (Å²) in [6, 6.07) is 9.43. The number of esters is 1. The fourth-order valence-corrected chi connectivity index (χ4v) is 2.74. The van der Waals surface area contributed by atoms with Crippen molar-refractivity contribution in [2.45, 2.75) is 26.3 Å². The number of amides is 2. The molecule has 2 aromatic rings. The van der Waals surface area contributed by atoms with E-state index in [-0.39, 0.29) is 42.7 Å². The molecule has 0 aliphatic carbocycles. The number of imidazole rings is 1. The van der Waals surface area contributed by atoms with Gasteiger partial charge in [-0.15, -0.1) is 0 Å². The Morgan fingerprint density at radius 3 is 2.68 bits per heavy atom. The first-order valence-electron chi connectivity index (χ1n) is 8.91. The number of aromatic nitrogens is 2. The standard InChI is InChI=1S/C19H21N5O4/c1-3-28-18(27)15-11-20-19(23(15)2)21-17(26)14-9-10-16(25)24(22-14)12-13-7-5-4-6-8-13/h4-8,11H,3,9-10,12H2,1-2H3,(H,20,21,26). The first kappa shape index (κ1) is 19.3. The zero-order valence-corrected chi connectivity index (χ0v) is 15.7. The number of anilines is 1. The molecule has 2 heterocycles. The van der Waals surface area contributed by atoms with Crippen molar-refractivity contribution in [2.24, 2.45) is 12.1 Å². The molecule has 1 aromatic heterocycles. The van der Waals surface area contributed by atoms with Crippen molar-refractivity contribution in [3.8, 4) is 0 Å². The third-order valence-corrected chi connectivity index (χ3v) is 4.24. The fourth-order valence-electron chi connectivity index (χ4n) is 2.74. The molecule has 9 heteroatoms. The summed E-state index contributed by atoms with van der Waals surface area (Å²) in [5, 5.41) is 8.15. The fraction of sp³-hybridized carbons (Fsp3) is 0.316. The summed E-state index contributed by atoms with van der Waals surface area (Å²) in [7, 11) is 1.60. The van der Waals surface area contributed by atoms with Crippen LogP contribution in [0.5, 0.6) is 0 Å². The lowest BCUT2D eigenvalue weighted by Gasteiger charge is -2.23. The van der Waals surface area contributed by atoms with Gasteiger partial charge >= 0.3 is 5.97 Å². The minimum absolute atomic E-state index is 0.137. The van der Waals surface area contributed by atoms with Crippen LogP contribution >= 0.6 is 0 Å². The van der Waals surface area contributed by atoms with Crippen LogP contribution in [0.3, 0.4) is 0 Å². The molecule has 0 spiro atoms. The molecule has 3 rings (SSSR count). The van der Waals surface area contributed by atoms with Crippen LogP contribution in [0, 0.1) is 0 Å². The van der Waals surface area contributed by atoms with Crippen LogP contribution in [0.1, 0.15) is 35.8 Å². The van der Waals surface area contributed by atoms with Crippen LogP contribution in [0.25, 0.3) is 0 Å². The van der Waals surface area contributed by atoms with Gasteiger partial charge in [-0.05, 0) is 12.5 Å². The molecule has 2 amide bonds. The second kappa shape index (κ2) is 8.47. The molecule has 1 aliphatic heterocycles. The van der Waals surface area contributed by atoms with Crippen molar-refractivity contribution in [3.63, 3.8) is 0 Å². The summed E-state index contributed by atoms with van der Waals surface area (Å²) < 4.78 is 6.38. The molecule has 146 valence electrons. The highest BCUT2D eigenvalue weighted by Crippen LogP contribution is 2.15. The Kier molecular flexibility index (Phi) is 5.83. The van der Waals surface area contributed by atoms with E-state index in [4.69, 9.17) is 4.74 Å². The average molecular weight is 383 g/mol. The van der Waals surface area contributed by atoms with Crippen LogP contribution in [0.15, 0.2) is 41.6 Å². The number of carbonyl (C=O) groups excluding carboxylic acids is 3. The van der Waals surface area contributed by atoms with Crippen molar-refractivity contribution < 1.29 is 19.1 Å². The topological polar surface area (TPSA) is 106 Å². The molecule has 1 aromatic carbocycles. The van der Waals surface area contributed by atoms with Gasteiger partial charge in [-0.1, -0.05) is 30.3 Å².